The number of carbonyl (C=O) groups is 1. The van der Waals surface area contributed by atoms with Crippen LogP contribution in [-0.4, -0.2) is 78.1 Å². The van der Waals surface area contributed by atoms with Crippen LogP contribution < -0.4 is 5.32 Å². The van der Waals surface area contributed by atoms with Gasteiger partial charge in [0.25, 0.3) is 0 Å². The number of rotatable bonds is 12. The third-order valence-corrected chi connectivity index (χ3v) is 13.5. The van der Waals surface area contributed by atoms with Gasteiger partial charge in [0.2, 0.25) is 15.9 Å². The number of hydrogen-bond acceptors (Lipinski definition) is 6. The predicted octanol–water partition coefficient (Wildman–Crippen LogP) is 6.16. The summed E-state index contributed by atoms with van der Waals surface area (Å²) < 4.78 is 28.1. The van der Waals surface area contributed by atoms with Crippen molar-refractivity contribution in [3.8, 4) is 5.75 Å². The molecule has 2 aromatic carbocycles. The van der Waals surface area contributed by atoms with Gasteiger partial charge >= 0.3 is 0 Å². The standard InChI is InChI=1S/C39H60N4O4S/c1-26-13-14-30(36(44)17-26)24-42(32(25-41(8)9)21-38(3,4)5)22-28-11-10-12-29(18-28)23-43-35(15-16-48(43,46)47)37(45)40-34-20-31-19-33(27(34)2)39(31,6)7/h10-14,17-18,27,31-35,44H,15-16,19-25H2,1-9H3,(H,40,45)/t27-,31+,32-,33-,34-,35?/m0/s1. The molecule has 2 N–H and O–H groups in total. The molecule has 1 saturated heterocycles. The molecule has 1 amide bonds. The van der Waals surface area contributed by atoms with Gasteiger partial charge in [-0.25, -0.2) is 8.42 Å². The zero-order valence-corrected chi connectivity index (χ0v) is 31.6. The first-order valence-corrected chi connectivity index (χ1v) is 19.5. The van der Waals surface area contributed by atoms with E-state index in [1.807, 2.05) is 37.3 Å². The molecule has 1 unspecified atom stereocenters. The van der Waals surface area contributed by atoms with Crippen molar-refractivity contribution in [2.45, 2.75) is 112 Å². The highest BCUT2D eigenvalue weighted by atomic mass is 32.2. The number of sulfonamides is 1. The number of nitrogens with zero attached hydrogens (tertiary/aromatic N) is 3. The lowest BCUT2D eigenvalue weighted by molar-refractivity contribution is -0.136. The predicted molar refractivity (Wildman–Crippen MR) is 194 cm³/mol. The second kappa shape index (κ2) is 14.0. The minimum atomic E-state index is -3.56. The first kappa shape index (κ1) is 36.8. The van der Waals surface area contributed by atoms with Crippen LogP contribution in [0.2, 0.25) is 0 Å². The number of likely N-dealkylation sites (N-methyl/N-ethyl adjacent to an activating group) is 1. The molecule has 0 radical (unpaired) electrons. The summed E-state index contributed by atoms with van der Waals surface area (Å²) in [5, 5.41) is 14.2. The molecule has 3 aliphatic carbocycles. The Morgan fingerprint density at radius 2 is 1.79 bits per heavy atom. The number of fused-ring (bicyclic) bond motifs is 2. The number of aromatic hydroxyl groups is 1. The minimum Gasteiger partial charge on any atom is -0.508 e. The number of benzene rings is 2. The minimum absolute atomic E-state index is 0.00385. The Balaban J connectivity index is 1.34. The molecule has 0 spiro atoms. The van der Waals surface area contributed by atoms with Gasteiger partial charge in [-0.15, -0.1) is 0 Å². The Morgan fingerprint density at radius 1 is 1.08 bits per heavy atom. The maximum Gasteiger partial charge on any atom is 0.238 e. The molecule has 0 aromatic heterocycles. The van der Waals surface area contributed by atoms with Crippen molar-refractivity contribution in [1.29, 1.82) is 0 Å². The molecule has 266 valence electrons. The molecule has 4 fully saturated rings. The van der Waals surface area contributed by atoms with Crippen LogP contribution in [0.1, 0.15) is 89.5 Å². The van der Waals surface area contributed by atoms with Gasteiger partial charge < -0.3 is 15.3 Å². The molecule has 9 heteroatoms. The van der Waals surface area contributed by atoms with E-state index in [1.54, 1.807) is 0 Å². The molecule has 48 heavy (non-hydrogen) atoms. The van der Waals surface area contributed by atoms with E-state index in [2.05, 4.69) is 82.9 Å². The highest BCUT2D eigenvalue weighted by Crippen LogP contribution is 2.61. The van der Waals surface area contributed by atoms with Crippen molar-refractivity contribution in [2.75, 3.05) is 26.4 Å². The number of phenols is 1. The molecule has 6 atom stereocenters. The molecular weight excluding hydrogens is 621 g/mol. The average molecular weight is 681 g/mol. The zero-order valence-electron chi connectivity index (χ0n) is 30.8. The summed E-state index contributed by atoms with van der Waals surface area (Å²) in [6.45, 7) is 18.0. The molecule has 1 aliphatic heterocycles. The van der Waals surface area contributed by atoms with Gasteiger partial charge in [-0.05, 0) is 98.0 Å². The zero-order chi connectivity index (χ0) is 35.2. The van der Waals surface area contributed by atoms with Crippen LogP contribution in [0.25, 0.3) is 0 Å². The Bertz CT molecular complexity index is 1570. The van der Waals surface area contributed by atoms with Gasteiger partial charge in [0.05, 0.1) is 5.75 Å². The number of aryl methyl sites for hydroxylation is 1. The summed E-state index contributed by atoms with van der Waals surface area (Å²) in [7, 11) is 0.635. The second-order valence-electron chi connectivity index (χ2n) is 17.3. The Hall–Kier alpha value is -2.46. The van der Waals surface area contributed by atoms with E-state index >= 15 is 0 Å². The third-order valence-electron chi connectivity index (χ3n) is 11.6. The molecular formula is C39H60N4O4S. The van der Waals surface area contributed by atoms with Crippen molar-refractivity contribution in [3.05, 3.63) is 64.7 Å². The van der Waals surface area contributed by atoms with Gasteiger partial charge in [0, 0.05) is 43.8 Å². The first-order chi connectivity index (χ1) is 22.3. The Labute approximate surface area is 290 Å². The first-order valence-electron chi connectivity index (χ1n) is 17.9. The normalized spacial score (nSPS) is 27.2. The highest BCUT2D eigenvalue weighted by Gasteiger charge is 2.56. The maximum absolute atomic E-state index is 13.7. The van der Waals surface area contributed by atoms with Crippen LogP contribution in [0.4, 0.5) is 0 Å². The van der Waals surface area contributed by atoms with Crippen LogP contribution in [0.3, 0.4) is 0 Å². The molecule has 2 aromatic rings. The summed E-state index contributed by atoms with van der Waals surface area (Å²) in [5.74, 6) is 1.75. The lowest BCUT2D eigenvalue weighted by Gasteiger charge is -2.62. The summed E-state index contributed by atoms with van der Waals surface area (Å²) in [4.78, 5) is 18.4. The maximum atomic E-state index is 13.7. The van der Waals surface area contributed by atoms with E-state index in [0.717, 1.165) is 41.6 Å². The van der Waals surface area contributed by atoms with Gasteiger partial charge in [-0.3, -0.25) is 9.69 Å². The Morgan fingerprint density at radius 3 is 2.42 bits per heavy atom. The van der Waals surface area contributed by atoms with Crippen molar-refractivity contribution >= 4 is 15.9 Å². The number of nitrogens with one attached hydrogen (secondary N) is 1. The summed E-state index contributed by atoms with van der Waals surface area (Å²) >= 11 is 0. The van der Waals surface area contributed by atoms with Gasteiger partial charge in [0.1, 0.15) is 11.8 Å². The van der Waals surface area contributed by atoms with E-state index < -0.39 is 16.1 Å². The quantitative estimate of drug-likeness (QED) is 0.279. The summed E-state index contributed by atoms with van der Waals surface area (Å²) in [5.41, 5.74) is 4.29. The third kappa shape index (κ3) is 8.28. The topological polar surface area (TPSA) is 93.2 Å². The number of hydrogen-bond donors (Lipinski definition) is 2. The molecule has 3 saturated carbocycles. The summed E-state index contributed by atoms with van der Waals surface area (Å²) in [6, 6.07) is 13.7. The fraction of sp³-hybridized carbons (Fsp3) is 0.667. The average Bonchev–Trinajstić information content (AvgIpc) is 3.27. The van der Waals surface area contributed by atoms with E-state index in [1.165, 1.54) is 10.7 Å². The number of amides is 1. The van der Waals surface area contributed by atoms with Crippen molar-refractivity contribution in [1.82, 2.24) is 19.4 Å². The van der Waals surface area contributed by atoms with Crippen molar-refractivity contribution < 1.29 is 18.3 Å². The van der Waals surface area contributed by atoms with E-state index in [9.17, 15) is 18.3 Å². The molecule has 6 rings (SSSR count). The van der Waals surface area contributed by atoms with Crippen LogP contribution in [0.5, 0.6) is 5.75 Å². The van der Waals surface area contributed by atoms with E-state index in [4.69, 9.17) is 0 Å². The fourth-order valence-corrected chi connectivity index (χ4v) is 10.5. The van der Waals surface area contributed by atoms with E-state index in [0.29, 0.717) is 48.4 Å². The second-order valence-corrected chi connectivity index (χ2v) is 19.3. The Kier molecular flexibility index (Phi) is 10.8. The number of phenolic OH excluding ortho intramolecular Hbond substituents is 1. The van der Waals surface area contributed by atoms with Crippen molar-refractivity contribution in [2.24, 2.45) is 28.6 Å². The van der Waals surface area contributed by atoms with Gasteiger partial charge in [-0.2, -0.15) is 4.31 Å². The van der Waals surface area contributed by atoms with E-state index in [-0.39, 0.29) is 35.7 Å². The largest absolute Gasteiger partial charge is 0.508 e. The highest BCUT2D eigenvalue weighted by molar-refractivity contribution is 7.89. The summed E-state index contributed by atoms with van der Waals surface area (Å²) in [6.07, 6.45) is 3.49. The number of carbonyl (C=O) groups excluding carboxylic acids is 1. The molecule has 1 heterocycles. The SMILES string of the molecule is Cc1ccc(CN(Cc2cccc(CN3C(C(=O)N[C@H]4C[C@H]5C[C@@H]([C@@H]4C)C5(C)C)CCS3(=O)=O)c2)[C@H](CN(C)C)CC(C)(C)C)c(O)c1. The molecule has 2 bridgehead atoms. The lowest BCUT2D eigenvalue weighted by atomic mass is 9.45. The van der Waals surface area contributed by atoms with Crippen LogP contribution in [-0.2, 0) is 34.5 Å². The monoisotopic (exact) mass is 680 g/mol. The van der Waals surface area contributed by atoms with Gasteiger partial charge in [-0.1, -0.05) is 77.9 Å². The lowest BCUT2D eigenvalue weighted by Crippen LogP contribution is -2.61. The molecule has 8 nitrogen and oxygen atoms in total. The van der Waals surface area contributed by atoms with Gasteiger partial charge in [0.15, 0.2) is 0 Å². The van der Waals surface area contributed by atoms with Crippen LogP contribution >= 0.6 is 0 Å². The van der Waals surface area contributed by atoms with Crippen LogP contribution in [0.15, 0.2) is 42.5 Å². The fourth-order valence-electron chi connectivity index (χ4n) is 8.82. The molecule has 4 aliphatic rings. The smallest absolute Gasteiger partial charge is 0.238 e. The van der Waals surface area contributed by atoms with Crippen molar-refractivity contribution in [3.63, 3.8) is 0 Å². The van der Waals surface area contributed by atoms with Crippen LogP contribution in [0, 0.1) is 35.5 Å².